The van der Waals surface area contributed by atoms with Crippen molar-refractivity contribution in [3.63, 3.8) is 0 Å². The van der Waals surface area contributed by atoms with E-state index in [-0.39, 0.29) is 17.3 Å². The second kappa shape index (κ2) is 10.8. The van der Waals surface area contributed by atoms with Gasteiger partial charge in [-0.3, -0.25) is 14.8 Å². The highest BCUT2D eigenvalue weighted by atomic mass is 16.1. The summed E-state index contributed by atoms with van der Waals surface area (Å²) in [5.74, 6) is 6.05. The number of hydrogen-bond acceptors (Lipinski definition) is 6. The second-order valence-electron chi connectivity index (χ2n) is 6.05. The number of hydrogen-bond donors (Lipinski definition) is 4. The molecular formula is C19H29N7O. The summed E-state index contributed by atoms with van der Waals surface area (Å²) in [6.07, 6.45) is 6.78. The molecule has 1 aromatic heterocycles. The van der Waals surface area contributed by atoms with E-state index in [1.54, 1.807) is 12.3 Å². The van der Waals surface area contributed by atoms with E-state index in [0.29, 0.717) is 18.8 Å². The van der Waals surface area contributed by atoms with Gasteiger partial charge in [-0.25, -0.2) is 10.8 Å². The lowest BCUT2D eigenvalue weighted by atomic mass is 10.1. The van der Waals surface area contributed by atoms with Crippen LogP contribution in [0.1, 0.15) is 38.4 Å². The van der Waals surface area contributed by atoms with Crippen LogP contribution in [0.15, 0.2) is 58.8 Å². The topological polar surface area (TPSA) is 136 Å². The number of allylic oxidation sites excluding steroid dienone is 2. The summed E-state index contributed by atoms with van der Waals surface area (Å²) in [5, 5.41) is 4.09. The molecule has 8 heteroatoms. The summed E-state index contributed by atoms with van der Waals surface area (Å²) in [7, 11) is 0. The smallest absolute Gasteiger partial charge is 0.255 e. The van der Waals surface area contributed by atoms with E-state index in [4.69, 9.17) is 17.3 Å². The molecule has 0 aliphatic rings. The molecule has 0 saturated heterocycles. The van der Waals surface area contributed by atoms with Crippen LogP contribution >= 0.6 is 0 Å². The van der Waals surface area contributed by atoms with Crippen molar-refractivity contribution >= 4 is 11.7 Å². The number of aryl methyl sites for hydroxylation is 1. The lowest BCUT2D eigenvalue weighted by molar-refractivity contribution is -0.117. The average molecular weight is 371 g/mol. The molecule has 0 unspecified atom stereocenters. The SMILES string of the molecule is CC/C=C(C(=O)NCc1ncccc1C)/C(N)=N\C(=C(C)C)N(N)/C=C\N. The van der Waals surface area contributed by atoms with Gasteiger partial charge >= 0.3 is 0 Å². The maximum absolute atomic E-state index is 12.6. The van der Waals surface area contributed by atoms with E-state index in [2.05, 4.69) is 15.3 Å². The number of aromatic nitrogens is 1. The zero-order chi connectivity index (χ0) is 20.4. The summed E-state index contributed by atoms with van der Waals surface area (Å²) < 4.78 is 0. The number of nitrogens with one attached hydrogen (secondary N) is 1. The first-order valence-electron chi connectivity index (χ1n) is 8.64. The first-order valence-corrected chi connectivity index (χ1v) is 8.64. The van der Waals surface area contributed by atoms with Crippen LogP contribution < -0.4 is 22.6 Å². The number of aliphatic imine (C=N–C) groups is 1. The van der Waals surface area contributed by atoms with E-state index in [9.17, 15) is 4.79 Å². The number of amidine groups is 1. The lowest BCUT2D eigenvalue weighted by Gasteiger charge is -2.17. The minimum atomic E-state index is -0.325. The van der Waals surface area contributed by atoms with Crippen LogP contribution in [0, 0.1) is 6.92 Å². The molecule has 1 heterocycles. The summed E-state index contributed by atoms with van der Waals surface area (Å²) in [6, 6.07) is 3.79. The molecule has 1 aromatic rings. The number of carbonyl (C=O) groups is 1. The average Bonchev–Trinajstić information content (AvgIpc) is 2.62. The van der Waals surface area contributed by atoms with Crippen LogP contribution in [-0.4, -0.2) is 21.7 Å². The van der Waals surface area contributed by atoms with Gasteiger partial charge in [0.25, 0.3) is 5.91 Å². The maximum Gasteiger partial charge on any atom is 0.255 e. The van der Waals surface area contributed by atoms with E-state index in [1.165, 1.54) is 17.4 Å². The first-order chi connectivity index (χ1) is 12.8. The molecule has 1 amide bonds. The second-order valence-corrected chi connectivity index (χ2v) is 6.05. The molecule has 8 nitrogen and oxygen atoms in total. The number of amides is 1. The highest BCUT2D eigenvalue weighted by molar-refractivity contribution is 6.20. The lowest BCUT2D eigenvalue weighted by Crippen LogP contribution is -2.33. The summed E-state index contributed by atoms with van der Waals surface area (Å²) in [5.41, 5.74) is 14.4. The van der Waals surface area contributed by atoms with Crippen LogP contribution in [0.5, 0.6) is 0 Å². The van der Waals surface area contributed by atoms with Crippen LogP contribution in [0.3, 0.4) is 0 Å². The Morgan fingerprint density at radius 3 is 2.67 bits per heavy atom. The minimum absolute atomic E-state index is 0.0733. The molecule has 0 radical (unpaired) electrons. The predicted molar refractivity (Wildman–Crippen MR) is 109 cm³/mol. The zero-order valence-electron chi connectivity index (χ0n) is 16.4. The van der Waals surface area contributed by atoms with Crippen LogP contribution in [0.4, 0.5) is 0 Å². The third-order valence-electron chi connectivity index (χ3n) is 3.63. The van der Waals surface area contributed by atoms with Gasteiger partial charge in [-0.05, 0) is 44.4 Å². The Hall–Kier alpha value is -3.13. The van der Waals surface area contributed by atoms with Gasteiger partial charge < -0.3 is 16.8 Å². The Morgan fingerprint density at radius 2 is 2.11 bits per heavy atom. The quantitative estimate of drug-likeness (QED) is 0.180. The summed E-state index contributed by atoms with van der Waals surface area (Å²) >= 11 is 0. The van der Waals surface area contributed by atoms with E-state index in [0.717, 1.165) is 16.8 Å². The number of rotatable bonds is 8. The van der Waals surface area contributed by atoms with Gasteiger partial charge in [0.2, 0.25) is 0 Å². The number of pyridine rings is 1. The molecule has 0 aromatic carbocycles. The Morgan fingerprint density at radius 1 is 1.41 bits per heavy atom. The molecule has 7 N–H and O–H groups in total. The number of nitrogens with two attached hydrogens (primary N) is 3. The van der Waals surface area contributed by atoms with Crippen molar-refractivity contribution in [2.45, 2.75) is 40.7 Å². The Kier molecular flexibility index (Phi) is 8.74. The molecular weight excluding hydrogens is 342 g/mol. The van der Waals surface area contributed by atoms with Crippen molar-refractivity contribution in [1.82, 2.24) is 15.3 Å². The number of hydrazine groups is 1. The van der Waals surface area contributed by atoms with E-state index in [1.807, 2.05) is 39.8 Å². The normalized spacial score (nSPS) is 12.2. The summed E-state index contributed by atoms with van der Waals surface area (Å²) in [4.78, 5) is 21.2. The molecule has 0 saturated carbocycles. The first kappa shape index (κ1) is 21.9. The maximum atomic E-state index is 12.6. The molecule has 0 fully saturated rings. The van der Waals surface area contributed by atoms with Crippen molar-refractivity contribution < 1.29 is 4.79 Å². The monoisotopic (exact) mass is 371 g/mol. The van der Waals surface area contributed by atoms with Gasteiger partial charge in [-0.15, -0.1) is 0 Å². The molecule has 146 valence electrons. The van der Waals surface area contributed by atoms with Crippen LogP contribution in [0.2, 0.25) is 0 Å². The fraction of sp³-hybridized carbons (Fsp3) is 0.316. The predicted octanol–water partition coefficient (Wildman–Crippen LogP) is 1.56. The molecule has 0 atom stereocenters. The van der Waals surface area contributed by atoms with Gasteiger partial charge in [0.1, 0.15) is 11.7 Å². The Labute approximate surface area is 160 Å². The third-order valence-corrected chi connectivity index (χ3v) is 3.63. The van der Waals surface area contributed by atoms with Crippen LogP contribution in [-0.2, 0) is 11.3 Å². The summed E-state index contributed by atoms with van der Waals surface area (Å²) in [6.45, 7) is 7.83. The molecule has 1 rings (SSSR count). The Balaban J connectivity index is 3.05. The fourth-order valence-corrected chi connectivity index (χ4v) is 2.25. The third kappa shape index (κ3) is 6.59. The molecule has 0 aliphatic heterocycles. The zero-order valence-corrected chi connectivity index (χ0v) is 16.4. The van der Waals surface area contributed by atoms with Crippen molar-refractivity contribution in [3.8, 4) is 0 Å². The fourth-order valence-electron chi connectivity index (χ4n) is 2.25. The molecule has 0 aliphatic carbocycles. The number of carbonyl (C=O) groups excluding carboxylic acids is 1. The van der Waals surface area contributed by atoms with Crippen molar-refractivity contribution in [2.75, 3.05) is 0 Å². The highest BCUT2D eigenvalue weighted by Gasteiger charge is 2.15. The van der Waals surface area contributed by atoms with Crippen molar-refractivity contribution in [2.24, 2.45) is 22.3 Å². The van der Waals surface area contributed by atoms with E-state index < -0.39 is 0 Å². The molecule has 0 bridgehead atoms. The molecule has 0 spiro atoms. The largest absolute Gasteiger partial charge is 0.403 e. The van der Waals surface area contributed by atoms with Crippen molar-refractivity contribution in [3.05, 3.63) is 65.0 Å². The minimum Gasteiger partial charge on any atom is -0.403 e. The molecule has 27 heavy (non-hydrogen) atoms. The highest BCUT2D eigenvalue weighted by Crippen LogP contribution is 2.11. The van der Waals surface area contributed by atoms with Crippen LogP contribution in [0.25, 0.3) is 0 Å². The van der Waals surface area contributed by atoms with E-state index >= 15 is 0 Å². The van der Waals surface area contributed by atoms with Crippen molar-refractivity contribution in [1.29, 1.82) is 0 Å². The van der Waals surface area contributed by atoms with Gasteiger partial charge in [0.05, 0.1) is 17.8 Å². The van der Waals surface area contributed by atoms with Gasteiger partial charge in [-0.1, -0.05) is 19.1 Å². The Bertz CT molecular complexity index is 774. The van der Waals surface area contributed by atoms with Gasteiger partial charge in [0, 0.05) is 18.6 Å². The number of nitrogens with zero attached hydrogens (tertiary/aromatic N) is 3. The van der Waals surface area contributed by atoms with Gasteiger partial charge in [0.15, 0.2) is 0 Å². The standard InChI is InChI=1S/C19H29N7O/c1-5-7-15(17(21)25-18(13(2)3)26(22)11-9-20)19(27)24-12-16-14(4)8-6-10-23-16/h6-11H,5,12,20,22H2,1-4H3,(H2,21,25)(H,24,27)/b11-9-,15-7-. The van der Waals surface area contributed by atoms with Gasteiger partial charge in [-0.2, -0.15) is 0 Å².